The highest BCUT2D eigenvalue weighted by Gasteiger charge is 2.69. The molecule has 0 saturated heterocycles. The van der Waals surface area contributed by atoms with E-state index in [1.807, 2.05) is 0 Å². The van der Waals surface area contributed by atoms with E-state index in [-0.39, 0.29) is 38.6 Å². The number of carbonyl (C=O) groups is 2. The molecule has 0 radical (unpaired) electrons. The van der Waals surface area contributed by atoms with Gasteiger partial charge in [-0.25, -0.2) is 0 Å². The number of aliphatic hydroxyl groups excluding tert-OH is 1. The Labute approximate surface area is 281 Å². The van der Waals surface area contributed by atoms with Crippen molar-refractivity contribution in [3.05, 3.63) is 11.6 Å². The third kappa shape index (κ3) is 6.15. The summed E-state index contributed by atoms with van der Waals surface area (Å²) in [7, 11) is 0. The van der Waals surface area contributed by atoms with Crippen LogP contribution >= 0.6 is 0 Å². The van der Waals surface area contributed by atoms with E-state index in [0.717, 1.165) is 77.2 Å². The quantitative estimate of drug-likeness (QED) is 0.147. The summed E-state index contributed by atoms with van der Waals surface area (Å²) in [6.07, 6.45) is 22.6. The summed E-state index contributed by atoms with van der Waals surface area (Å²) in [5.74, 6) is 1.35. The summed E-state index contributed by atoms with van der Waals surface area (Å²) >= 11 is 0. The van der Waals surface area contributed by atoms with Crippen molar-refractivity contribution in [2.45, 2.75) is 177 Å². The van der Waals surface area contributed by atoms with E-state index in [2.05, 4.69) is 59.9 Å². The van der Waals surface area contributed by atoms with Crippen LogP contribution < -0.4 is 5.32 Å². The number of amides is 1. The first-order valence-electron chi connectivity index (χ1n) is 19.4. The SMILES string of the molecule is CC1(C)C=C2[C@H]3CC[C@@H]4[C@@]5(C)CC[C@H](O)C(C)(C)[C@@H]5CC[C@@]4(C)[C@]3(C)CC[C@@]2(C(=O)NCCCCCCCCCCC(=O)O)CC1. The number of allylic oxidation sites excluding steroid dienone is 1. The van der Waals surface area contributed by atoms with Crippen LogP contribution in [0.3, 0.4) is 0 Å². The molecule has 3 N–H and O–H groups in total. The molecule has 4 fully saturated rings. The molecule has 5 nitrogen and oxygen atoms in total. The number of rotatable bonds is 12. The number of hydrogen-bond acceptors (Lipinski definition) is 3. The fraction of sp³-hybridized carbons (Fsp3) is 0.902. The van der Waals surface area contributed by atoms with Crippen LogP contribution in [0.2, 0.25) is 0 Å². The first-order chi connectivity index (χ1) is 21.5. The van der Waals surface area contributed by atoms with Crippen LogP contribution in [-0.4, -0.2) is 34.7 Å². The van der Waals surface area contributed by atoms with Gasteiger partial charge in [0.2, 0.25) is 5.91 Å². The molecule has 262 valence electrons. The topological polar surface area (TPSA) is 86.6 Å². The van der Waals surface area contributed by atoms with Crippen molar-refractivity contribution in [3.63, 3.8) is 0 Å². The molecule has 5 aliphatic carbocycles. The van der Waals surface area contributed by atoms with Gasteiger partial charge in [-0.1, -0.05) is 98.6 Å². The first kappa shape index (κ1) is 35.9. The Balaban J connectivity index is 1.25. The van der Waals surface area contributed by atoms with Gasteiger partial charge in [0.15, 0.2) is 0 Å². The molecular formula is C41H69NO4. The minimum absolute atomic E-state index is 0.0227. The van der Waals surface area contributed by atoms with Crippen LogP contribution in [0, 0.1) is 50.2 Å². The van der Waals surface area contributed by atoms with Gasteiger partial charge in [0, 0.05) is 13.0 Å². The van der Waals surface area contributed by atoms with Crippen molar-refractivity contribution in [1.29, 1.82) is 0 Å². The zero-order valence-corrected chi connectivity index (χ0v) is 30.7. The van der Waals surface area contributed by atoms with E-state index < -0.39 is 5.97 Å². The Hall–Kier alpha value is -1.36. The maximum Gasteiger partial charge on any atom is 0.303 e. The highest BCUT2D eigenvalue weighted by molar-refractivity contribution is 5.86. The second kappa shape index (κ2) is 13.2. The van der Waals surface area contributed by atoms with Crippen LogP contribution in [0.15, 0.2) is 11.6 Å². The van der Waals surface area contributed by atoms with Gasteiger partial charge in [-0.15, -0.1) is 0 Å². The van der Waals surface area contributed by atoms with Crippen molar-refractivity contribution in [2.24, 2.45) is 50.2 Å². The van der Waals surface area contributed by atoms with Crippen molar-refractivity contribution in [1.82, 2.24) is 5.32 Å². The lowest BCUT2D eigenvalue weighted by Gasteiger charge is -2.72. The molecule has 8 atom stereocenters. The Morgan fingerprint density at radius 1 is 0.717 bits per heavy atom. The average molecular weight is 640 g/mol. The molecule has 0 aromatic carbocycles. The lowest BCUT2D eigenvalue weighted by atomic mass is 9.32. The molecule has 46 heavy (non-hydrogen) atoms. The predicted octanol–water partition coefficient (Wildman–Crippen LogP) is 9.86. The number of fused-ring (bicyclic) bond motifs is 7. The van der Waals surface area contributed by atoms with E-state index in [1.54, 1.807) is 0 Å². The van der Waals surface area contributed by atoms with Gasteiger partial charge < -0.3 is 15.5 Å². The molecular weight excluding hydrogens is 570 g/mol. The summed E-state index contributed by atoms with van der Waals surface area (Å²) in [4.78, 5) is 25.0. The monoisotopic (exact) mass is 640 g/mol. The standard InChI is InChI=1S/C41H69NO4/c1-36(2)23-25-41(35(46)42-27-15-13-11-9-8-10-12-14-16-34(44)45)26-24-39(6)29(30(41)28-36)17-18-32-38(5)21-20-33(43)37(3,4)31(38)19-22-40(32,39)7/h28-29,31-33,43H,8-27H2,1-7H3,(H,42,46)(H,44,45)/t29-,31+,32-,33+,38+,39-,40-,41+/m1/s1. The molecule has 5 aliphatic rings. The van der Waals surface area contributed by atoms with E-state index >= 15 is 0 Å². The van der Waals surface area contributed by atoms with Gasteiger partial charge in [0.1, 0.15) is 0 Å². The number of carbonyl (C=O) groups excluding carboxylic acids is 1. The average Bonchev–Trinajstić information content (AvgIpc) is 2.98. The number of aliphatic hydroxyl groups is 1. The molecule has 0 aromatic heterocycles. The lowest BCUT2D eigenvalue weighted by Crippen LogP contribution is -2.66. The molecule has 0 bridgehead atoms. The molecule has 0 spiro atoms. The molecule has 0 aromatic rings. The highest BCUT2D eigenvalue weighted by Crippen LogP contribution is 2.76. The van der Waals surface area contributed by atoms with Crippen LogP contribution in [0.4, 0.5) is 0 Å². The summed E-state index contributed by atoms with van der Waals surface area (Å²) in [6.45, 7) is 18.1. The Morgan fingerprint density at radius 2 is 1.35 bits per heavy atom. The summed E-state index contributed by atoms with van der Waals surface area (Å²) < 4.78 is 0. The maximum atomic E-state index is 14.3. The van der Waals surface area contributed by atoms with E-state index in [4.69, 9.17) is 5.11 Å². The minimum atomic E-state index is -0.688. The fourth-order valence-corrected chi connectivity index (χ4v) is 12.6. The van der Waals surface area contributed by atoms with Crippen molar-refractivity contribution < 1.29 is 19.8 Å². The molecule has 5 rings (SSSR count). The Morgan fingerprint density at radius 3 is 2.02 bits per heavy atom. The smallest absolute Gasteiger partial charge is 0.303 e. The number of aliphatic carboxylic acids is 1. The second-order valence-electron chi connectivity index (χ2n) is 18.9. The summed E-state index contributed by atoms with van der Waals surface area (Å²) in [6, 6.07) is 0. The molecule has 5 heteroatoms. The highest BCUT2D eigenvalue weighted by atomic mass is 16.4. The van der Waals surface area contributed by atoms with Gasteiger partial charge in [-0.2, -0.15) is 0 Å². The van der Waals surface area contributed by atoms with Crippen LogP contribution in [0.5, 0.6) is 0 Å². The zero-order chi connectivity index (χ0) is 33.6. The maximum absolute atomic E-state index is 14.3. The second-order valence-corrected chi connectivity index (χ2v) is 18.9. The fourth-order valence-electron chi connectivity index (χ4n) is 12.6. The van der Waals surface area contributed by atoms with Gasteiger partial charge >= 0.3 is 5.97 Å². The minimum Gasteiger partial charge on any atom is -0.481 e. The summed E-state index contributed by atoms with van der Waals surface area (Å²) in [5.41, 5.74) is 2.00. The molecule has 0 unspecified atom stereocenters. The number of nitrogens with one attached hydrogen (secondary N) is 1. The third-order valence-corrected chi connectivity index (χ3v) is 15.6. The molecule has 0 heterocycles. The number of carboxylic acid groups (broad SMARTS) is 1. The summed E-state index contributed by atoms with van der Waals surface area (Å²) in [5, 5.41) is 23.3. The Kier molecular flexibility index (Phi) is 10.3. The van der Waals surface area contributed by atoms with E-state index in [0.29, 0.717) is 30.1 Å². The lowest BCUT2D eigenvalue weighted by molar-refractivity contribution is -0.229. The van der Waals surface area contributed by atoms with Crippen LogP contribution in [0.1, 0.15) is 170 Å². The zero-order valence-electron chi connectivity index (χ0n) is 30.7. The third-order valence-electron chi connectivity index (χ3n) is 15.6. The van der Waals surface area contributed by atoms with E-state index in [1.165, 1.54) is 50.5 Å². The van der Waals surface area contributed by atoms with Crippen LogP contribution in [-0.2, 0) is 9.59 Å². The normalized spacial score (nSPS) is 40.8. The molecule has 0 aliphatic heterocycles. The van der Waals surface area contributed by atoms with Gasteiger partial charge in [-0.05, 0) is 122 Å². The largest absolute Gasteiger partial charge is 0.481 e. The van der Waals surface area contributed by atoms with Gasteiger partial charge in [-0.3, -0.25) is 9.59 Å². The number of hydrogen-bond donors (Lipinski definition) is 3. The number of unbranched alkanes of at least 4 members (excludes halogenated alkanes) is 7. The molecule has 1 amide bonds. The van der Waals surface area contributed by atoms with Crippen molar-refractivity contribution in [3.8, 4) is 0 Å². The van der Waals surface area contributed by atoms with Crippen LogP contribution in [0.25, 0.3) is 0 Å². The first-order valence-corrected chi connectivity index (χ1v) is 19.4. The van der Waals surface area contributed by atoms with Gasteiger partial charge in [0.05, 0.1) is 11.5 Å². The van der Waals surface area contributed by atoms with Crippen molar-refractivity contribution in [2.75, 3.05) is 6.54 Å². The number of carboxylic acids is 1. The Bertz CT molecular complexity index is 1160. The predicted molar refractivity (Wildman–Crippen MR) is 187 cm³/mol. The van der Waals surface area contributed by atoms with E-state index in [9.17, 15) is 14.7 Å². The van der Waals surface area contributed by atoms with Crippen molar-refractivity contribution >= 4 is 11.9 Å². The van der Waals surface area contributed by atoms with Gasteiger partial charge in [0.25, 0.3) is 0 Å². The molecule has 4 saturated carbocycles.